The highest BCUT2D eigenvalue weighted by Gasteiger charge is 2.50. The van der Waals surface area contributed by atoms with Crippen LogP contribution in [0.15, 0.2) is 77.1 Å². The van der Waals surface area contributed by atoms with Crippen LogP contribution in [0.5, 0.6) is 0 Å². The lowest BCUT2D eigenvalue weighted by molar-refractivity contribution is -0.0649. The molecule has 52 heteroatoms. The maximum absolute atomic E-state index is 14.1. The Hall–Kier alpha value is -6.62. The Morgan fingerprint density at radius 3 is 1.22 bits per heavy atom. The minimum absolute atomic E-state index is 0.00227. The van der Waals surface area contributed by atoms with E-state index in [-0.39, 0.29) is 52.3 Å². The Morgan fingerprint density at radius 1 is 0.485 bits per heavy atom. The topological polar surface area (TPSA) is 651 Å². The summed E-state index contributed by atoms with van der Waals surface area (Å²) < 4.78 is 150. The molecule has 11 rings (SSSR count). The highest BCUT2D eigenvalue weighted by molar-refractivity contribution is 7.48. The molecule has 0 spiro atoms. The highest BCUT2D eigenvalue weighted by Crippen LogP contribution is 2.55. The van der Waals surface area contributed by atoms with Gasteiger partial charge in [0, 0.05) is 73.6 Å². The average molecular weight is 1530 g/mol. The first kappa shape index (κ1) is 75.5. The lowest BCUT2D eigenvalue weighted by Gasteiger charge is -2.26. The predicted molar refractivity (Wildman–Crippen MR) is 330 cm³/mol. The van der Waals surface area contributed by atoms with Crippen LogP contribution in [0.3, 0.4) is 0 Å². The quantitative estimate of drug-likeness (QED) is 0.0231. The van der Waals surface area contributed by atoms with Gasteiger partial charge in [0.2, 0.25) is 0 Å². The number of phosphoric acid groups is 5. The van der Waals surface area contributed by atoms with Crippen molar-refractivity contribution in [1.29, 1.82) is 0 Å². The van der Waals surface area contributed by atoms with Crippen molar-refractivity contribution >= 4 is 61.9 Å². The maximum Gasteiger partial charge on any atom is 0.472 e. The first-order valence-corrected chi connectivity index (χ1v) is 37.4. The molecule has 14 N–H and O–H groups in total. The van der Waals surface area contributed by atoms with Gasteiger partial charge in [0.25, 0.3) is 16.7 Å². The summed E-state index contributed by atoms with van der Waals surface area (Å²) in [6.45, 7) is -1.01. The molecule has 5 aliphatic heterocycles. The minimum Gasteiger partial charge on any atom is -0.390 e. The van der Waals surface area contributed by atoms with Crippen molar-refractivity contribution in [2.24, 2.45) is 0 Å². The van der Waals surface area contributed by atoms with Crippen molar-refractivity contribution in [1.82, 2.24) is 57.7 Å². The molecule has 47 nitrogen and oxygen atoms in total. The van der Waals surface area contributed by atoms with E-state index in [9.17, 15) is 90.9 Å². The van der Waals surface area contributed by atoms with E-state index in [1.54, 1.807) is 0 Å². The van der Waals surface area contributed by atoms with Crippen molar-refractivity contribution in [3.05, 3.63) is 133 Å². The molecule has 11 heterocycles. The molecule has 5 saturated heterocycles. The number of nitrogens with one attached hydrogen (secondary N) is 3. The third-order valence-electron chi connectivity index (χ3n) is 16.2. The number of nitrogens with two attached hydrogens (primary N) is 2. The molecule has 0 aromatic carbocycles. The first-order valence-electron chi connectivity index (χ1n) is 29.9. The summed E-state index contributed by atoms with van der Waals surface area (Å²) in [6.07, 6.45) is -18.6. The number of imidazole rings is 1. The molecule has 6 aromatic rings. The number of aromatic amines is 3. The van der Waals surface area contributed by atoms with Crippen LogP contribution in [-0.4, -0.2) is 186 Å². The van der Waals surface area contributed by atoms with Crippen LogP contribution in [0, 0.1) is 20.8 Å². The van der Waals surface area contributed by atoms with Crippen molar-refractivity contribution in [3.63, 3.8) is 0 Å². The van der Waals surface area contributed by atoms with Gasteiger partial charge in [-0.05, 0) is 26.8 Å². The molecule has 4 unspecified atom stereocenters. The van der Waals surface area contributed by atoms with E-state index in [0.29, 0.717) is 0 Å². The van der Waals surface area contributed by atoms with Crippen LogP contribution in [0.1, 0.15) is 79.9 Å². The van der Waals surface area contributed by atoms with Gasteiger partial charge in [0.15, 0.2) is 11.5 Å². The van der Waals surface area contributed by atoms with E-state index >= 15 is 0 Å². The van der Waals surface area contributed by atoms with Gasteiger partial charge >= 0.3 is 61.9 Å². The number of nitrogens with zero attached hydrogens (tertiary/aromatic N) is 9. The average Bonchev–Trinajstić information content (AvgIpc) is 1.65. The van der Waals surface area contributed by atoms with Crippen molar-refractivity contribution in [2.75, 3.05) is 44.5 Å². The number of anilines is 2. The van der Waals surface area contributed by atoms with Crippen LogP contribution >= 0.6 is 39.1 Å². The lowest BCUT2D eigenvalue weighted by Crippen LogP contribution is -2.33. The molecule has 554 valence electrons. The highest BCUT2D eigenvalue weighted by atomic mass is 31.2. The molecule has 6 aromatic heterocycles. The first-order chi connectivity index (χ1) is 47.4. The van der Waals surface area contributed by atoms with Gasteiger partial charge in [-0.25, -0.2) is 57.0 Å². The molecule has 0 saturated carbocycles. The Labute approximate surface area is 562 Å². The fraction of sp³-hybridized carbons (Fsp3) is 0.571. The molecule has 5 fully saturated rings. The number of H-pyrrole nitrogens is 3. The normalized spacial score (nSPS) is 29.4. The summed E-state index contributed by atoms with van der Waals surface area (Å²) in [6, 6.07) is 1.17. The van der Waals surface area contributed by atoms with Gasteiger partial charge in [-0.2, -0.15) is 4.98 Å². The molecular formula is C49H65N14O33P5. The van der Waals surface area contributed by atoms with E-state index in [4.69, 9.17) is 71.3 Å². The van der Waals surface area contributed by atoms with E-state index in [1.807, 2.05) is 0 Å². The largest absolute Gasteiger partial charge is 0.472 e. The summed E-state index contributed by atoms with van der Waals surface area (Å²) in [5.41, 5.74) is 5.73. The molecule has 5 aliphatic rings. The van der Waals surface area contributed by atoms with E-state index < -0.39 is 223 Å². The van der Waals surface area contributed by atoms with Gasteiger partial charge in [-0.3, -0.25) is 92.9 Å². The maximum atomic E-state index is 14.1. The zero-order valence-electron chi connectivity index (χ0n) is 52.4. The minimum atomic E-state index is -5.59. The molecule has 0 radical (unpaired) electrons. The SMILES string of the molecule is Cc1cn([C@H]2C[C@H](OP(=O)(O)OC[C@H]3O[C@@H](n4cc(C)c(=O)[nH]c4=O)C[C@@H]3O)[C@@H](COP(=O)(O)O[C@H]3C[C@H](n4ccc(N)nc4=O)O[C@@H]3COP(=O)(O)O[C@H]3C[C@H](n4cc(C)c(=O)[nH]c4=O)O[C@@H]3COP(=O)(O)O[C@H]3C[C@H](n4cnc5c(N)ncnc54)O[C@@H]3COP(=O)(O)O)O2)c(=O)[nH]c1=O. The summed E-state index contributed by atoms with van der Waals surface area (Å²) in [4.78, 5) is 174. The lowest BCUT2D eigenvalue weighted by atomic mass is 10.2. The van der Waals surface area contributed by atoms with E-state index in [1.165, 1.54) is 43.9 Å². The summed E-state index contributed by atoms with van der Waals surface area (Å²) >= 11 is 0. The number of aliphatic hydroxyl groups excluding tert-OH is 1. The van der Waals surface area contributed by atoms with Gasteiger partial charge in [-0.15, -0.1) is 0 Å². The Bertz CT molecular complexity index is 4790. The van der Waals surface area contributed by atoms with Crippen LogP contribution in [-0.2, 0) is 87.2 Å². The van der Waals surface area contributed by atoms with Crippen molar-refractivity contribution < 1.29 is 122 Å². The number of aliphatic hydroxyl groups is 1. The van der Waals surface area contributed by atoms with E-state index in [2.05, 4.69) is 39.4 Å². The third kappa shape index (κ3) is 18.1. The third-order valence-corrected chi connectivity index (χ3v) is 20.8. The number of nitrogen functional groups attached to an aromatic ring is 2. The zero-order chi connectivity index (χ0) is 73.0. The smallest absolute Gasteiger partial charge is 0.390 e. The monoisotopic (exact) mass is 1530 g/mol. The van der Waals surface area contributed by atoms with E-state index in [0.717, 1.165) is 43.2 Å². The fourth-order valence-electron chi connectivity index (χ4n) is 11.3. The number of phosphoric ester groups is 5. The molecule has 0 aliphatic carbocycles. The van der Waals surface area contributed by atoms with Gasteiger partial charge in [-0.1, -0.05) is 0 Å². The Morgan fingerprint density at radius 2 is 0.832 bits per heavy atom. The van der Waals surface area contributed by atoms with Crippen LogP contribution in [0.25, 0.3) is 11.2 Å². The van der Waals surface area contributed by atoms with Crippen LogP contribution in [0.2, 0.25) is 0 Å². The second kappa shape index (κ2) is 29.9. The number of fused-ring (bicyclic) bond motifs is 1. The van der Waals surface area contributed by atoms with Crippen molar-refractivity contribution in [2.45, 2.75) is 145 Å². The molecule has 19 atom stereocenters. The summed E-state index contributed by atoms with van der Waals surface area (Å²) in [5.74, 6) is -0.264. The fourth-order valence-corrected chi connectivity index (χ4v) is 15.5. The zero-order valence-corrected chi connectivity index (χ0v) is 56.9. The molecular weight excluding hydrogens is 1470 g/mol. The van der Waals surface area contributed by atoms with Crippen LogP contribution < -0.4 is 50.9 Å². The number of ether oxygens (including phenoxy) is 5. The summed E-state index contributed by atoms with van der Waals surface area (Å²) in [7, 11) is -27.1. The molecule has 0 amide bonds. The number of aryl methyl sites for hydroxylation is 3. The molecule has 0 bridgehead atoms. The number of hydrogen-bond donors (Lipinski definition) is 12. The number of hydrogen-bond acceptors (Lipinski definition) is 33. The second-order valence-corrected chi connectivity index (χ2v) is 30.2. The Balaban J connectivity index is 0.779. The standard InChI is InChI=1S/C49H65N14O33P5/c1-21-11-60(47(69)56-43(21)65)35-6-24(64)29(88-35)14-84-98(75,76)94-26-8-37(61-12-22(2)44(66)57-48(61)70)90-32(26)17-86-99(77,78)93-25-7-36(59-5-4-34(50)55-46(59)68)89-31(25)16-85-100(79,80)95-27-9-38(62-13-23(3)45(67)58-49(62)71)91-33(27)18-87-101(81,82)96-28-10-39(92-30(28)15-83-97(72,73)74)63-20-54-40-41(51)52-19-53-42(40)63/h4-5,11-13,19-20,24-33,35-39,64H,6-10,14-18H2,1-3H3,(H,75,76)(H,77,78)(H,79,80)(H,81,82)(H2,50,55,68)(H2,51,52,53)(H,56,65,69)(H,57,66,70)(H,58,67,71)(H2,72,73,74)/t24-,25-,26-,27-,28-,29+,30+,31+,32+,33+,35+,36+,37+,38+,39+/m0/s1. The second-order valence-electron chi connectivity index (χ2n) is 23.4. The van der Waals surface area contributed by atoms with Gasteiger partial charge in [0.05, 0.1) is 45.5 Å². The Kier molecular flexibility index (Phi) is 22.3. The molecule has 101 heavy (non-hydrogen) atoms. The van der Waals surface area contributed by atoms with Crippen LogP contribution in [0.4, 0.5) is 11.6 Å². The number of aromatic nitrogens is 12. The summed E-state index contributed by atoms with van der Waals surface area (Å²) in [5, 5.41) is 10.8. The van der Waals surface area contributed by atoms with Crippen molar-refractivity contribution in [3.8, 4) is 0 Å². The van der Waals surface area contributed by atoms with Gasteiger partial charge in [0.1, 0.15) is 104 Å². The van der Waals surface area contributed by atoms with Gasteiger partial charge < -0.3 is 69.6 Å². The number of rotatable bonds is 28. The predicted octanol–water partition coefficient (Wildman–Crippen LogP) is -2.26.